The van der Waals surface area contributed by atoms with Crippen LogP contribution in [0.15, 0.2) is 51.1 Å². The molecule has 0 spiro atoms. The SMILES string of the molecule is O=C(NC1CCN(S(=O)(=O)c2ccc(Br)cc2)CC1)c1cccs1. The Morgan fingerprint density at radius 3 is 2.42 bits per heavy atom. The van der Waals surface area contributed by atoms with E-state index in [9.17, 15) is 13.2 Å². The standard InChI is InChI=1S/C16H17BrN2O3S2/c17-12-3-5-14(6-4-12)24(21,22)19-9-7-13(8-10-19)18-16(20)15-2-1-11-23-15/h1-6,11,13H,7-10H2,(H,18,20). The number of benzene rings is 1. The van der Waals surface area contributed by atoms with E-state index in [1.807, 2.05) is 11.4 Å². The molecule has 1 aromatic carbocycles. The van der Waals surface area contributed by atoms with Crippen molar-refractivity contribution >= 4 is 43.2 Å². The van der Waals surface area contributed by atoms with Crippen molar-refractivity contribution in [2.75, 3.05) is 13.1 Å². The molecule has 3 rings (SSSR count). The lowest BCUT2D eigenvalue weighted by molar-refractivity contribution is 0.0928. The molecular weight excluding hydrogens is 412 g/mol. The fourth-order valence-electron chi connectivity index (χ4n) is 2.66. The van der Waals surface area contributed by atoms with Crippen LogP contribution in [0.3, 0.4) is 0 Å². The Kier molecular flexibility index (Phi) is 5.39. The number of hydrogen-bond acceptors (Lipinski definition) is 4. The Labute approximate surface area is 153 Å². The topological polar surface area (TPSA) is 66.5 Å². The second-order valence-electron chi connectivity index (χ2n) is 5.58. The lowest BCUT2D eigenvalue weighted by Crippen LogP contribution is -2.46. The van der Waals surface area contributed by atoms with Crippen LogP contribution in [-0.4, -0.2) is 37.8 Å². The number of piperidine rings is 1. The summed E-state index contributed by atoms with van der Waals surface area (Å²) < 4.78 is 27.6. The molecule has 1 amide bonds. The highest BCUT2D eigenvalue weighted by Gasteiger charge is 2.30. The first kappa shape index (κ1) is 17.6. The van der Waals surface area contributed by atoms with Crippen LogP contribution < -0.4 is 5.32 Å². The third kappa shape index (κ3) is 3.88. The lowest BCUT2D eigenvalue weighted by atomic mass is 10.1. The molecule has 0 aliphatic carbocycles. The molecule has 24 heavy (non-hydrogen) atoms. The van der Waals surface area contributed by atoms with E-state index >= 15 is 0 Å². The summed E-state index contributed by atoms with van der Waals surface area (Å²) in [6.07, 6.45) is 1.24. The molecular formula is C16H17BrN2O3S2. The van der Waals surface area contributed by atoms with E-state index in [0.29, 0.717) is 35.7 Å². The highest BCUT2D eigenvalue weighted by Crippen LogP contribution is 2.22. The maximum atomic E-state index is 12.6. The molecule has 0 atom stereocenters. The number of hydrogen-bond donors (Lipinski definition) is 1. The summed E-state index contributed by atoms with van der Waals surface area (Å²) in [5.74, 6) is -0.0841. The normalized spacial score (nSPS) is 16.9. The van der Waals surface area contributed by atoms with Gasteiger partial charge in [-0.15, -0.1) is 11.3 Å². The smallest absolute Gasteiger partial charge is 0.261 e. The first-order valence-electron chi connectivity index (χ1n) is 7.57. The number of amides is 1. The minimum absolute atomic E-state index is 0.0102. The van der Waals surface area contributed by atoms with Gasteiger partial charge in [-0.05, 0) is 48.6 Å². The van der Waals surface area contributed by atoms with Crippen LogP contribution in [0.4, 0.5) is 0 Å². The molecule has 2 heterocycles. The predicted octanol–water partition coefficient (Wildman–Crippen LogP) is 3.09. The number of nitrogens with zero attached hydrogens (tertiary/aromatic N) is 1. The van der Waals surface area contributed by atoms with Crippen molar-refractivity contribution in [3.05, 3.63) is 51.1 Å². The second-order valence-corrected chi connectivity index (χ2v) is 9.38. The third-order valence-electron chi connectivity index (χ3n) is 3.99. The first-order chi connectivity index (χ1) is 11.5. The summed E-state index contributed by atoms with van der Waals surface area (Å²) >= 11 is 4.71. The Hall–Kier alpha value is -1.22. The number of rotatable bonds is 4. The van der Waals surface area contributed by atoms with Crippen LogP contribution in [0.5, 0.6) is 0 Å². The van der Waals surface area contributed by atoms with Crippen molar-refractivity contribution in [1.82, 2.24) is 9.62 Å². The monoisotopic (exact) mass is 428 g/mol. The summed E-state index contributed by atoms with van der Waals surface area (Å²) in [5, 5.41) is 4.85. The quantitative estimate of drug-likeness (QED) is 0.813. The van der Waals surface area contributed by atoms with E-state index in [0.717, 1.165) is 4.47 Å². The molecule has 1 fully saturated rings. The van der Waals surface area contributed by atoms with E-state index in [1.165, 1.54) is 15.6 Å². The van der Waals surface area contributed by atoms with Gasteiger partial charge < -0.3 is 5.32 Å². The molecule has 2 aromatic rings. The molecule has 0 bridgehead atoms. The lowest BCUT2D eigenvalue weighted by Gasteiger charge is -2.31. The second kappa shape index (κ2) is 7.35. The van der Waals surface area contributed by atoms with Crippen molar-refractivity contribution in [2.45, 2.75) is 23.8 Å². The zero-order chi connectivity index (χ0) is 17.2. The molecule has 128 valence electrons. The Morgan fingerprint density at radius 1 is 1.17 bits per heavy atom. The van der Waals surface area contributed by atoms with Crippen LogP contribution in [-0.2, 0) is 10.0 Å². The molecule has 8 heteroatoms. The first-order valence-corrected chi connectivity index (χ1v) is 10.7. The number of thiophene rings is 1. The van der Waals surface area contributed by atoms with E-state index in [4.69, 9.17) is 0 Å². The highest BCUT2D eigenvalue weighted by molar-refractivity contribution is 9.10. The maximum Gasteiger partial charge on any atom is 0.261 e. The van der Waals surface area contributed by atoms with Gasteiger partial charge in [-0.3, -0.25) is 4.79 Å². The fraction of sp³-hybridized carbons (Fsp3) is 0.312. The molecule has 0 saturated carbocycles. The van der Waals surface area contributed by atoms with Crippen LogP contribution in [0, 0.1) is 0 Å². The van der Waals surface area contributed by atoms with Gasteiger partial charge in [0.2, 0.25) is 10.0 Å². The van der Waals surface area contributed by atoms with Crippen molar-refractivity contribution in [1.29, 1.82) is 0 Å². The Morgan fingerprint density at radius 2 is 1.83 bits per heavy atom. The van der Waals surface area contributed by atoms with Crippen molar-refractivity contribution < 1.29 is 13.2 Å². The van der Waals surface area contributed by atoms with Crippen molar-refractivity contribution in [2.24, 2.45) is 0 Å². The van der Waals surface area contributed by atoms with Gasteiger partial charge in [0.05, 0.1) is 9.77 Å². The van der Waals surface area contributed by atoms with E-state index < -0.39 is 10.0 Å². The number of nitrogens with one attached hydrogen (secondary N) is 1. The van der Waals surface area contributed by atoms with Gasteiger partial charge in [0.25, 0.3) is 5.91 Å². The largest absolute Gasteiger partial charge is 0.349 e. The average molecular weight is 429 g/mol. The Balaban J connectivity index is 1.60. The molecule has 1 aliphatic heterocycles. The van der Waals surface area contributed by atoms with Crippen LogP contribution in [0.2, 0.25) is 0 Å². The number of sulfonamides is 1. The zero-order valence-corrected chi connectivity index (χ0v) is 16.0. The molecule has 1 aromatic heterocycles. The maximum absolute atomic E-state index is 12.6. The van der Waals surface area contributed by atoms with Crippen molar-refractivity contribution in [3.63, 3.8) is 0 Å². The number of carbonyl (C=O) groups is 1. The van der Waals surface area contributed by atoms with Gasteiger partial charge in [-0.1, -0.05) is 22.0 Å². The summed E-state index contributed by atoms with van der Waals surface area (Å²) in [6, 6.07) is 10.3. The molecule has 0 radical (unpaired) electrons. The molecule has 5 nitrogen and oxygen atoms in total. The van der Waals surface area contributed by atoms with Crippen molar-refractivity contribution in [3.8, 4) is 0 Å². The van der Waals surface area contributed by atoms with E-state index in [1.54, 1.807) is 30.3 Å². The van der Waals surface area contributed by atoms with Gasteiger partial charge >= 0.3 is 0 Å². The van der Waals surface area contributed by atoms with Crippen LogP contribution in [0.25, 0.3) is 0 Å². The summed E-state index contributed by atoms with van der Waals surface area (Å²) in [4.78, 5) is 13.0. The van der Waals surface area contributed by atoms with Gasteiger partial charge in [-0.2, -0.15) is 4.31 Å². The summed E-state index contributed by atoms with van der Waals surface area (Å²) in [6.45, 7) is 0.821. The fourth-order valence-corrected chi connectivity index (χ4v) is 5.02. The van der Waals surface area contributed by atoms with Gasteiger partial charge in [0.15, 0.2) is 0 Å². The third-order valence-corrected chi connectivity index (χ3v) is 7.30. The van der Waals surface area contributed by atoms with Gasteiger partial charge in [0.1, 0.15) is 0 Å². The Bertz CT molecular complexity index is 796. The minimum atomic E-state index is -3.47. The van der Waals surface area contributed by atoms with Gasteiger partial charge in [-0.25, -0.2) is 8.42 Å². The minimum Gasteiger partial charge on any atom is -0.349 e. The van der Waals surface area contributed by atoms with E-state index in [2.05, 4.69) is 21.2 Å². The zero-order valence-electron chi connectivity index (χ0n) is 12.8. The predicted molar refractivity (Wildman–Crippen MR) is 97.7 cm³/mol. The molecule has 1 saturated heterocycles. The number of carbonyl (C=O) groups excluding carboxylic acids is 1. The van der Waals surface area contributed by atoms with E-state index in [-0.39, 0.29) is 11.9 Å². The molecule has 0 unspecified atom stereocenters. The highest BCUT2D eigenvalue weighted by atomic mass is 79.9. The molecule has 1 aliphatic rings. The molecule has 1 N–H and O–H groups in total. The van der Waals surface area contributed by atoms with Gasteiger partial charge in [0, 0.05) is 23.6 Å². The average Bonchev–Trinajstić information content (AvgIpc) is 3.10. The summed E-state index contributed by atoms with van der Waals surface area (Å²) in [7, 11) is -3.47. The number of halogens is 1. The van der Waals surface area contributed by atoms with Crippen LogP contribution in [0.1, 0.15) is 22.5 Å². The van der Waals surface area contributed by atoms with Crippen LogP contribution >= 0.6 is 27.3 Å². The summed E-state index contributed by atoms with van der Waals surface area (Å²) in [5.41, 5.74) is 0.